The Morgan fingerprint density at radius 3 is 2.69 bits per heavy atom. The first-order chi connectivity index (χ1) is 6.07. The smallest absolute Gasteiger partial charge is 0.331 e. The summed E-state index contributed by atoms with van der Waals surface area (Å²) in [5, 5.41) is 12.1. The molecule has 0 aliphatic carbocycles. The minimum absolute atomic E-state index is 0.207. The van der Waals surface area contributed by atoms with E-state index in [2.05, 4.69) is 10.1 Å². The van der Waals surface area contributed by atoms with Crippen molar-refractivity contribution in [3.63, 3.8) is 0 Å². The van der Waals surface area contributed by atoms with Crippen molar-refractivity contribution in [1.29, 1.82) is 0 Å². The lowest BCUT2D eigenvalue weighted by Gasteiger charge is -2.13. The molecule has 0 aliphatic heterocycles. The lowest BCUT2D eigenvalue weighted by atomic mass is 10.1. The molecular weight excluding hydrogens is 170 g/mol. The van der Waals surface area contributed by atoms with E-state index in [9.17, 15) is 9.90 Å². The second kappa shape index (κ2) is 6.48. The minimum atomic E-state index is -0.411. The largest absolute Gasteiger partial charge is 0.466 e. The van der Waals surface area contributed by atoms with Crippen LogP contribution in [0.1, 0.15) is 13.8 Å². The number of rotatable bonds is 5. The van der Waals surface area contributed by atoms with E-state index in [0.29, 0.717) is 6.54 Å². The summed E-state index contributed by atoms with van der Waals surface area (Å²) in [7, 11) is 1.32. The average Bonchev–Trinajstić information content (AvgIpc) is 2.11. The van der Waals surface area contributed by atoms with Crippen molar-refractivity contribution in [3.05, 3.63) is 12.3 Å². The van der Waals surface area contributed by atoms with E-state index in [1.54, 1.807) is 0 Å². The maximum absolute atomic E-state index is 10.6. The van der Waals surface area contributed by atoms with Gasteiger partial charge in [-0.25, -0.2) is 4.79 Å². The van der Waals surface area contributed by atoms with Crippen molar-refractivity contribution < 1.29 is 14.6 Å². The standard InChI is InChI=1S/C9H17NO3/c1-7(2)8(11)6-10-5-4-9(12)13-3/h4-5,7-8,10-11H,6H2,1-3H3/b5-4+. The van der Waals surface area contributed by atoms with Gasteiger partial charge in [0.05, 0.1) is 13.2 Å². The number of hydrogen-bond donors (Lipinski definition) is 2. The van der Waals surface area contributed by atoms with Gasteiger partial charge in [0.25, 0.3) is 0 Å². The van der Waals surface area contributed by atoms with Crippen molar-refractivity contribution in [2.24, 2.45) is 5.92 Å². The monoisotopic (exact) mass is 187 g/mol. The zero-order valence-corrected chi connectivity index (χ0v) is 8.28. The molecule has 0 fully saturated rings. The Bertz CT molecular complexity index is 178. The van der Waals surface area contributed by atoms with Crippen molar-refractivity contribution in [1.82, 2.24) is 5.32 Å². The highest BCUT2D eigenvalue weighted by atomic mass is 16.5. The number of carbonyl (C=O) groups is 1. The fourth-order valence-corrected chi connectivity index (χ4v) is 0.619. The fraction of sp³-hybridized carbons (Fsp3) is 0.667. The van der Waals surface area contributed by atoms with Gasteiger partial charge in [-0.15, -0.1) is 0 Å². The van der Waals surface area contributed by atoms with Crippen molar-refractivity contribution in [3.8, 4) is 0 Å². The maximum Gasteiger partial charge on any atom is 0.331 e. The zero-order chi connectivity index (χ0) is 10.3. The number of ether oxygens (including phenoxy) is 1. The molecule has 0 radical (unpaired) electrons. The van der Waals surface area contributed by atoms with Crippen LogP contribution < -0.4 is 5.32 Å². The number of hydrogen-bond acceptors (Lipinski definition) is 4. The molecule has 0 aromatic rings. The van der Waals surface area contributed by atoms with Crippen molar-refractivity contribution in [2.45, 2.75) is 20.0 Å². The van der Waals surface area contributed by atoms with Crippen LogP contribution in [0.25, 0.3) is 0 Å². The SMILES string of the molecule is COC(=O)/C=C/NCC(O)C(C)C. The highest BCUT2D eigenvalue weighted by Crippen LogP contribution is 1.98. The fourth-order valence-electron chi connectivity index (χ4n) is 0.619. The van der Waals surface area contributed by atoms with Crippen LogP contribution in [-0.2, 0) is 9.53 Å². The lowest BCUT2D eigenvalue weighted by molar-refractivity contribution is -0.134. The van der Waals surface area contributed by atoms with Gasteiger partial charge in [0, 0.05) is 18.8 Å². The summed E-state index contributed by atoms with van der Waals surface area (Å²) in [5.41, 5.74) is 0. The van der Waals surface area contributed by atoms with Crippen LogP contribution in [0, 0.1) is 5.92 Å². The van der Waals surface area contributed by atoms with E-state index in [1.807, 2.05) is 13.8 Å². The van der Waals surface area contributed by atoms with Crippen LogP contribution in [-0.4, -0.2) is 30.8 Å². The van der Waals surface area contributed by atoms with Crippen molar-refractivity contribution >= 4 is 5.97 Å². The molecule has 0 bridgehead atoms. The van der Waals surface area contributed by atoms with Crippen LogP contribution in [0.15, 0.2) is 12.3 Å². The van der Waals surface area contributed by atoms with Gasteiger partial charge in [-0.1, -0.05) is 13.8 Å². The third-order valence-electron chi connectivity index (χ3n) is 1.63. The van der Waals surface area contributed by atoms with E-state index in [-0.39, 0.29) is 5.92 Å². The topological polar surface area (TPSA) is 58.6 Å². The summed E-state index contributed by atoms with van der Waals surface area (Å²) in [5.74, 6) is -0.203. The van der Waals surface area contributed by atoms with Gasteiger partial charge in [0.2, 0.25) is 0 Å². The molecule has 0 aliphatic rings. The Balaban J connectivity index is 3.55. The Labute approximate surface area is 78.6 Å². The molecule has 0 spiro atoms. The predicted molar refractivity (Wildman–Crippen MR) is 50.0 cm³/mol. The molecular formula is C9H17NO3. The Morgan fingerprint density at radius 1 is 1.62 bits per heavy atom. The molecule has 0 heterocycles. The number of esters is 1. The molecule has 76 valence electrons. The Kier molecular flexibility index (Phi) is 5.97. The van der Waals surface area contributed by atoms with Crippen molar-refractivity contribution in [2.75, 3.05) is 13.7 Å². The minimum Gasteiger partial charge on any atom is -0.466 e. The van der Waals surface area contributed by atoms with E-state index in [0.717, 1.165) is 0 Å². The lowest BCUT2D eigenvalue weighted by Crippen LogP contribution is -2.27. The van der Waals surface area contributed by atoms with E-state index in [4.69, 9.17) is 0 Å². The first kappa shape index (κ1) is 12.0. The van der Waals surface area contributed by atoms with Crippen LogP contribution in [0.3, 0.4) is 0 Å². The predicted octanol–water partition coefficient (Wildman–Crippen LogP) is 0.280. The number of carbonyl (C=O) groups excluding carboxylic acids is 1. The molecule has 4 heteroatoms. The summed E-state index contributed by atoms with van der Waals surface area (Å²) < 4.78 is 4.38. The van der Waals surface area contributed by atoms with Gasteiger partial charge in [-0.3, -0.25) is 0 Å². The van der Waals surface area contributed by atoms with E-state index in [1.165, 1.54) is 19.4 Å². The molecule has 1 unspecified atom stereocenters. The first-order valence-corrected chi connectivity index (χ1v) is 4.24. The van der Waals surface area contributed by atoms with Gasteiger partial charge in [-0.2, -0.15) is 0 Å². The number of aliphatic hydroxyl groups is 1. The van der Waals surface area contributed by atoms with Crippen LogP contribution >= 0.6 is 0 Å². The summed E-state index contributed by atoms with van der Waals surface area (Å²) in [6, 6.07) is 0. The molecule has 0 aromatic carbocycles. The van der Waals surface area contributed by atoms with E-state index >= 15 is 0 Å². The first-order valence-electron chi connectivity index (χ1n) is 4.24. The summed E-state index contributed by atoms with van der Waals surface area (Å²) in [6.45, 7) is 4.29. The number of aliphatic hydroxyl groups excluding tert-OH is 1. The Morgan fingerprint density at radius 2 is 2.23 bits per heavy atom. The molecule has 0 rings (SSSR count). The summed E-state index contributed by atoms with van der Waals surface area (Å²) in [6.07, 6.45) is 2.34. The van der Waals surface area contributed by atoms with Crippen LogP contribution in [0.2, 0.25) is 0 Å². The third-order valence-corrected chi connectivity index (χ3v) is 1.63. The molecule has 4 nitrogen and oxygen atoms in total. The molecule has 0 saturated heterocycles. The highest BCUT2D eigenvalue weighted by Gasteiger charge is 2.06. The van der Waals surface area contributed by atoms with Gasteiger partial charge < -0.3 is 15.2 Å². The van der Waals surface area contributed by atoms with Crippen LogP contribution in [0.4, 0.5) is 0 Å². The maximum atomic E-state index is 10.6. The molecule has 2 N–H and O–H groups in total. The van der Waals surface area contributed by atoms with E-state index < -0.39 is 12.1 Å². The molecule has 0 amide bonds. The Hall–Kier alpha value is -1.03. The zero-order valence-electron chi connectivity index (χ0n) is 8.28. The number of methoxy groups -OCH3 is 1. The molecule has 0 aromatic heterocycles. The highest BCUT2D eigenvalue weighted by molar-refractivity contribution is 5.81. The van der Waals surface area contributed by atoms with Gasteiger partial charge >= 0.3 is 5.97 Å². The second-order valence-corrected chi connectivity index (χ2v) is 3.08. The van der Waals surface area contributed by atoms with Gasteiger partial charge in [0.1, 0.15) is 0 Å². The average molecular weight is 187 g/mol. The summed E-state index contributed by atoms with van der Waals surface area (Å²) >= 11 is 0. The normalized spacial score (nSPS) is 13.3. The third kappa shape index (κ3) is 6.16. The van der Waals surface area contributed by atoms with Crippen LogP contribution in [0.5, 0.6) is 0 Å². The van der Waals surface area contributed by atoms with Gasteiger partial charge in [0.15, 0.2) is 0 Å². The number of nitrogens with one attached hydrogen (secondary N) is 1. The quantitative estimate of drug-likeness (QED) is 0.479. The van der Waals surface area contributed by atoms with Gasteiger partial charge in [-0.05, 0) is 5.92 Å². The molecule has 0 saturated carbocycles. The summed E-state index contributed by atoms with van der Waals surface area (Å²) in [4.78, 5) is 10.6. The molecule has 13 heavy (non-hydrogen) atoms. The molecule has 1 atom stereocenters. The second-order valence-electron chi connectivity index (χ2n) is 3.08.